The summed E-state index contributed by atoms with van der Waals surface area (Å²) in [6, 6.07) is 14.0. The van der Waals surface area contributed by atoms with E-state index in [4.69, 9.17) is 4.74 Å². The van der Waals surface area contributed by atoms with Gasteiger partial charge < -0.3 is 9.64 Å². The first-order chi connectivity index (χ1) is 13.5. The monoisotopic (exact) mass is 404 g/mol. The second-order valence-corrected chi connectivity index (χ2v) is 8.81. The van der Waals surface area contributed by atoms with Crippen molar-refractivity contribution in [3.8, 4) is 0 Å². The lowest BCUT2D eigenvalue weighted by atomic mass is 9.89. The number of nitrogens with zero attached hydrogens (tertiary/aromatic N) is 1. The van der Waals surface area contributed by atoms with Gasteiger partial charge in [-0.15, -0.1) is 0 Å². The van der Waals surface area contributed by atoms with Crippen molar-refractivity contribution in [1.29, 1.82) is 0 Å². The number of fused-ring (bicyclic) bond motifs is 1. The van der Waals surface area contributed by atoms with E-state index < -0.39 is 15.8 Å². The average Bonchev–Trinajstić information content (AvgIpc) is 2.68. The lowest BCUT2D eigenvalue weighted by molar-refractivity contribution is -0.149. The topological polar surface area (TPSA) is 75.7 Å². The zero-order valence-electron chi connectivity index (χ0n) is 15.1. The smallest absolute Gasteiger partial charge is 0.257 e. The number of halogens is 1. The first-order valence-electron chi connectivity index (χ1n) is 9.21. The second kappa shape index (κ2) is 7.62. The summed E-state index contributed by atoms with van der Waals surface area (Å²) in [6.07, 6.45) is 0.934. The minimum Gasteiger partial charge on any atom is -0.370 e. The van der Waals surface area contributed by atoms with Gasteiger partial charge in [-0.2, -0.15) is 0 Å². The molecule has 2 aliphatic heterocycles. The quantitative estimate of drug-likeness (QED) is 0.829. The fraction of sp³-hybridized carbons (Fsp3) is 0.350. The van der Waals surface area contributed by atoms with Gasteiger partial charge in [-0.05, 0) is 37.1 Å². The molecule has 0 aromatic heterocycles. The molecule has 2 saturated heterocycles. The van der Waals surface area contributed by atoms with E-state index in [0.29, 0.717) is 19.4 Å². The summed E-state index contributed by atoms with van der Waals surface area (Å²) in [5.41, 5.74) is 0.0682. The molecular weight excluding hydrogens is 383 g/mol. The van der Waals surface area contributed by atoms with Crippen molar-refractivity contribution in [3.05, 3.63) is 66.0 Å². The Kier molecular flexibility index (Phi) is 5.18. The highest BCUT2D eigenvalue weighted by atomic mass is 32.2. The summed E-state index contributed by atoms with van der Waals surface area (Å²) in [4.78, 5) is 14.4. The van der Waals surface area contributed by atoms with Gasteiger partial charge in [0.25, 0.3) is 5.91 Å². The minimum atomic E-state index is -3.57. The van der Waals surface area contributed by atoms with Crippen molar-refractivity contribution in [2.75, 3.05) is 13.1 Å². The second-order valence-electron chi connectivity index (χ2n) is 7.04. The van der Waals surface area contributed by atoms with Gasteiger partial charge in [-0.3, -0.25) is 4.79 Å². The SMILES string of the molecule is O=C(c1ccccc1F)N1C[C@@H]2O[C@H](CNS(=O)(=O)c3ccccc3)CC[C@@H]21. The molecule has 0 saturated carbocycles. The van der Waals surface area contributed by atoms with Crippen LogP contribution in [0.5, 0.6) is 0 Å². The molecule has 6 nitrogen and oxygen atoms in total. The molecule has 2 aromatic rings. The van der Waals surface area contributed by atoms with Gasteiger partial charge in [0.15, 0.2) is 0 Å². The normalized spacial score (nSPS) is 24.3. The molecule has 8 heteroatoms. The number of rotatable bonds is 5. The van der Waals surface area contributed by atoms with Gasteiger partial charge in [0.05, 0.1) is 28.7 Å². The fourth-order valence-corrected chi connectivity index (χ4v) is 4.81. The number of likely N-dealkylation sites (tertiary alicyclic amines) is 1. The van der Waals surface area contributed by atoms with Crippen molar-refractivity contribution in [3.63, 3.8) is 0 Å². The van der Waals surface area contributed by atoms with Crippen LogP contribution >= 0.6 is 0 Å². The van der Waals surface area contributed by atoms with Crippen LogP contribution in [0.3, 0.4) is 0 Å². The van der Waals surface area contributed by atoms with E-state index in [1.807, 2.05) is 0 Å². The van der Waals surface area contributed by atoms with Crippen LogP contribution in [0.25, 0.3) is 0 Å². The summed E-state index contributed by atoms with van der Waals surface area (Å²) in [5, 5.41) is 0. The van der Waals surface area contributed by atoms with Crippen molar-refractivity contribution < 1.29 is 22.3 Å². The molecule has 2 aliphatic rings. The third-order valence-electron chi connectivity index (χ3n) is 5.28. The Hall–Kier alpha value is -2.29. The molecule has 28 heavy (non-hydrogen) atoms. The number of hydrogen-bond donors (Lipinski definition) is 1. The lowest BCUT2D eigenvalue weighted by Crippen LogP contribution is -2.66. The van der Waals surface area contributed by atoms with E-state index in [9.17, 15) is 17.6 Å². The van der Waals surface area contributed by atoms with Crippen molar-refractivity contribution in [1.82, 2.24) is 9.62 Å². The van der Waals surface area contributed by atoms with E-state index in [1.54, 1.807) is 35.2 Å². The maximum absolute atomic E-state index is 13.9. The molecule has 1 N–H and O–H groups in total. The minimum absolute atomic E-state index is 0.0682. The predicted molar refractivity (Wildman–Crippen MR) is 101 cm³/mol. The molecule has 0 unspecified atom stereocenters. The van der Waals surface area contributed by atoms with Gasteiger partial charge >= 0.3 is 0 Å². The maximum Gasteiger partial charge on any atom is 0.257 e. The molecule has 2 aromatic carbocycles. The van der Waals surface area contributed by atoms with Crippen LogP contribution in [0.15, 0.2) is 59.5 Å². The van der Waals surface area contributed by atoms with Crippen LogP contribution < -0.4 is 4.72 Å². The number of ether oxygens (including phenoxy) is 1. The Morgan fingerprint density at radius 2 is 1.82 bits per heavy atom. The molecule has 2 fully saturated rings. The molecule has 3 atom stereocenters. The van der Waals surface area contributed by atoms with Crippen molar-refractivity contribution >= 4 is 15.9 Å². The summed E-state index contributed by atoms with van der Waals surface area (Å²) in [7, 11) is -3.57. The highest BCUT2D eigenvalue weighted by Gasteiger charge is 2.47. The van der Waals surface area contributed by atoms with Gasteiger partial charge in [0.2, 0.25) is 10.0 Å². The highest BCUT2D eigenvalue weighted by molar-refractivity contribution is 7.89. The van der Waals surface area contributed by atoms with Crippen LogP contribution in [0.1, 0.15) is 23.2 Å². The van der Waals surface area contributed by atoms with Gasteiger partial charge in [-0.25, -0.2) is 17.5 Å². The van der Waals surface area contributed by atoms with E-state index in [-0.39, 0.29) is 41.2 Å². The van der Waals surface area contributed by atoms with Gasteiger partial charge in [0.1, 0.15) is 5.82 Å². The molecule has 148 valence electrons. The Bertz CT molecular complexity index is 967. The standard InChI is InChI=1S/C20H21FN2O4S/c21-17-9-5-4-8-16(17)20(24)23-13-19-18(23)11-10-14(27-19)12-22-28(25,26)15-6-2-1-3-7-15/h1-9,14,18-19,22H,10-13H2/t14-,18-,19-/m0/s1. The van der Waals surface area contributed by atoms with E-state index in [1.165, 1.54) is 24.3 Å². The van der Waals surface area contributed by atoms with Crippen molar-refractivity contribution in [2.45, 2.75) is 36.0 Å². The predicted octanol–water partition coefficient (Wildman–Crippen LogP) is 2.18. The molecule has 0 spiro atoms. The van der Waals surface area contributed by atoms with Crippen LogP contribution in [-0.2, 0) is 14.8 Å². The Labute approximate surface area is 163 Å². The molecule has 4 rings (SSSR count). The van der Waals surface area contributed by atoms with E-state index >= 15 is 0 Å². The summed E-state index contributed by atoms with van der Waals surface area (Å²) in [5.74, 6) is -0.855. The number of hydrogen-bond acceptors (Lipinski definition) is 4. The molecule has 0 radical (unpaired) electrons. The Morgan fingerprint density at radius 1 is 1.11 bits per heavy atom. The third-order valence-corrected chi connectivity index (χ3v) is 6.72. The average molecular weight is 404 g/mol. The molecule has 2 heterocycles. The summed E-state index contributed by atoms with van der Waals surface area (Å²) in [6.45, 7) is 0.571. The number of benzene rings is 2. The lowest BCUT2D eigenvalue weighted by Gasteiger charge is -2.52. The maximum atomic E-state index is 13.9. The zero-order chi connectivity index (χ0) is 19.7. The molecule has 0 bridgehead atoms. The Morgan fingerprint density at radius 3 is 2.54 bits per heavy atom. The first kappa shape index (κ1) is 19.0. The van der Waals surface area contributed by atoms with Gasteiger partial charge in [0, 0.05) is 13.1 Å². The highest BCUT2D eigenvalue weighted by Crippen LogP contribution is 2.33. The molecule has 1 amide bonds. The molecular formula is C20H21FN2O4S. The third kappa shape index (κ3) is 3.67. The van der Waals surface area contributed by atoms with Crippen LogP contribution in [0.2, 0.25) is 0 Å². The zero-order valence-corrected chi connectivity index (χ0v) is 15.9. The number of sulfonamides is 1. The first-order valence-corrected chi connectivity index (χ1v) is 10.7. The number of nitrogens with one attached hydrogen (secondary N) is 1. The van der Waals surface area contributed by atoms with E-state index in [2.05, 4.69) is 4.72 Å². The number of amides is 1. The summed E-state index contributed by atoms with van der Waals surface area (Å²) >= 11 is 0. The number of carbonyl (C=O) groups excluding carboxylic acids is 1. The Balaban J connectivity index is 1.32. The fourth-order valence-electron chi connectivity index (χ4n) is 3.72. The number of carbonyl (C=O) groups is 1. The van der Waals surface area contributed by atoms with Gasteiger partial charge in [-0.1, -0.05) is 30.3 Å². The van der Waals surface area contributed by atoms with Crippen LogP contribution in [0, 0.1) is 5.82 Å². The van der Waals surface area contributed by atoms with Crippen molar-refractivity contribution in [2.24, 2.45) is 0 Å². The summed E-state index contributed by atoms with van der Waals surface area (Å²) < 4.78 is 47.0. The molecule has 0 aliphatic carbocycles. The largest absolute Gasteiger partial charge is 0.370 e. The van der Waals surface area contributed by atoms with Crippen LogP contribution in [-0.4, -0.2) is 50.6 Å². The van der Waals surface area contributed by atoms with E-state index in [0.717, 1.165) is 0 Å². The van der Waals surface area contributed by atoms with Crippen LogP contribution in [0.4, 0.5) is 4.39 Å².